The van der Waals surface area contributed by atoms with E-state index in [1.165, 1.54) is 12.8 Å². The molecule has 0 unspecified atom stereocenters. The van der Waals surface area contributed by atoms with Gasteiger partial charge in [-0.3, -0.25) is 0 Å². The smallest absolute Gasteiger partial charge is 0.222 e. The highest BCUT2D eigenvalue weighted by molar-refractivity contribution is 5.75. The summed E-state index contributed by atoms with van der Waals surface area (Å²) in [5.41, 5.74) is 13.7. The fourth-order valence-electron chi connectivity index (χ4n) is 1.73. The number of rotatable bonds is 2. The maximum Gasteiger partial charge on any atom is 0.222 e. The second-order valence-electron chi connectivity index (χ2n) is 3.83. The fourth-order valence-corrected chi connectivity index (χ4v) is 1.73. The molecule has 1 fully saturated rings. The van der Waals surface area contributed by atoms with Crippen LogP contribution < -0.4 is 11.5 Å². The first-order valence-corrected chi connectivity index (χ1v) is 5.00. The number of aromatic nitrogens is 4. The molecule has 3 rings (SSSR count). The van der Waals surface area contributed by atoms with Gasteiger partial charge in [0.25, 0.3) is 0 Å². The van der Waals surface area contributed by atoms with E-state index in [1.807, 2.05) is 0 Å². The number of hydrogen-bond acceptors (Lipinski definition) is 5. The molecular weight excluding hydrogens is 192 g/mol. The van der Waals surface area contributed by atoms with Gasteiger partial charge in [-0.15, -0.1) is 0 Å². The lowest BCUT2D eigenvalue weighted by Crippen LogP contribution is -1.99. The van der Waals surface area contributed by atoms with E-state index in [-0.39, 0.29) is 0 Å². The van der Waals surface area contributed by atoms with Crippen LogP contribution in [0, 0.1) is 0 Å². The predicted molar refractivity (Wildman–Crippen MR) is 56.0 cm³/mol. The third-order valence-corrected chi connectivity index (χ3v) is 2.60. The summed E-state index contributed by atoms with van der Waals surface area (Å²) >= 11 is 0. The molecule has 0 atom stereocenters. The number of aromatic amines is 1. The number of nitrogens with zero attached hydrogens (tertiary/aromatic N) is 3. The number of imidazole rings is 1. The molecule has 0 saturated heterocycles. The lowest BCUT2D eigenvalue weighted by Gasteiger charge is -1.99. The maximum absolute atomic E-state index is 5.63. The molecule has 6 heteroatoms. The zero-order chi connectivity index (χ0) is 10.4. The summed E-state index contributed by atoms with van der Waals surface area (Å²) in [6.07, 6.45) is 2.34. The average molecular weight is 204 g/mol. The first-order valence-electron chi connectivity index (χ1n) is 5.00. The topological polar surface area (TPSA) is 106 Å². The minimum atomic E-state index is 0.291. The Bertz CT molecular complexity index is 513. The molecule has 2 aromatic rings. The van der Waals surface area contributed by atoms with Crippen LogP contribution in [0.2, 0.25) is 0 Å². The van der Waals surface area contributed by atoms with Crippen molar-refractivity contribution in [2.24, 2.45) is 5.73 Å². The molecule has 1 aliphatic carbocycles. The molecule has 0 radical (unpaired) electrons. The highest BCUT2D eigenvalue weighted by Crippen LogP contribution is 2.41. The molecule has 0 amide bonds. The standard InChI is InChI=1S/C9H12N6/c10-3-5-12-7-6(4-1-2-4)14-9(11)15-8(7)13-5/h4H,1-3,10H2,(H3,11,12,13,14,15). The average Bonchev–Trinajstić information content (AvgIpc) is 2.97. The monoisotopic (exact) mass is 204 g/mol. The van der Waals surface area contributed by atoms with E-state index in [0.717, 1.165) is 17.0 Å². The molecule has 0 spiro atoms. The summed E-state index contributed by atoms with van der Waals surface area (Å²) in [7, 11) is 0. The van der Waals surface area contributed by atoms with Crippen molar-refractivity contribution in [2.45, 2.75) is 25.3 Å². The number of nitrogens with one attached hydrogen (secondary N) is 1. The number of nitrogen functional groups attached to an aromatic ring is 1. The van der Waals surface area contributed by atoms with E-state index in [2.05, 4.69) is 19.9 Å². The fraction of sp³-hybridized carbons (Fsp3) is 0.444. The summed E-state index contributed by atoms with van der Waals surface area (Å²) in [6, 6.07) is 0. The van der Waals surface area contributed by atoms with Crippen LogP contribution in [0.4, 0.5) is 5.95 Å². The molecule has 2 aromatic heterocycles. The Hall–Kier alpha value is -1.69. The highest BCUT2D eigenvalue weighted by Gasteiger charge is 2.28. The van der Waals surface area contributed by atoms with E-state index in [1.54, 1.807) is 0 Å². The summed E-state index contributed by atoms with van der Waals surface area (Å²) in [5.74, 6) is 1.54. The number of nitrogens with two attached hydrogens (primary N) is 2. The molecule has 15 heavy (non-hydrogen) atoms. The molecule has 0 aliphatic heterocycles. The van der Waals surface area contributed by atoms with Gasteiger partial charge in [-0.1, -0.05) is 0 Å². The van der Waals surface area contributed by atoms with Gasteiger partial charge in [0.05, 0.1) is 12.2 Å². The first kappa shape index (κ1) is 8.60. The van der Waals surface area contributed by atoms with Crippen molar-refractivity contribution in [3.8, 4) is 0 Å². The summed E-state index contributed by atoms with van der Waals surface area (Å²) in [6.45, 7) is 0.375. The molecule has 1 aliphatic rings. The number of H-pyrrole nitrogens is 1. The molecule has 2 heterocycles. The maximum atomic E-state index is 5.63. The van der Waals surface area contributed by atoms with Crippen LogP contribution in [0.5, 0.6) is 0 Å². The first-order chi connectivity index (χ1) is 7.28. The Kier molecular flexibility index (Phi) is 1.66. The zero-order valence-corrected chi connectivity index (χ0v) is 8.20. The van der Waals surface area contributed by atoms with E-state index in [4.69, 9.17) is 11.5 Å². The Morgan fingerprint density at radius 3 is 2.73 bits per heavy atom. The summed E-state index contributed by atoms with van der Waals surface area (Å²) in [5, 5.41) is 0. The van der Waals surface area contributed by atoms with Crippen molar-refractivity contribution >= 4 is 17.1 Å². The second kappa shape index (κ2) is 2.90. The minimum absolute atomic E-state index is 0.291. The van der Waals surface area contributed by atoms with E-state index < -0.39 is 0 Å². The van der Waals surface area contributed by atoms with Crippen molar-refractivity contribution in [1.29, 1.82) is 0 Å². The Morgan fingerprint density at radius 1 is 1.27 bits per heavy atom. The van der Waals surface area contributed by atoms with Gasteiger partial charge in [-0.25, -0.2) is 9.97 Å². The quantitative estimate of drug-likeness (QED) is 0.651. The molecule has 1 saturated carbocycles. The number of anilines is 1. The van der Waals surface area contributed by atoms with Crippen LogP contribution in [-0.2, 0) is 6.54 Å². The zero-order valence-electron chi connectivity index (χ0n) is 8.20. The van der Waals surface area contributed by atoms with Gasteiger partial charge < -0.3 is 16.5 Å². The highest BCUT2D eigenvalue weighted by atomic mass is 15.1. The second-order valence-corrected chi connectivity index (χ2v) is 3.83. The Labute approximate surface area is 86.1 Å². The van der Waals surface area contributed by atoms with Gasteiger partial charge in [0, 0.05) is 5.92 Å². The van der Waals surface area contributed by atoms with Gasteiger partial charge in [-0.05, 0) is 12.8 Å². The lowest BCUT2D eigenvalue weighted by molar-refractivity contribution is 0.954. The van der Waals surface area contributed by atoms with Crippen molar-refractivity contribution in [2.75, 3.05) is 5.73 Å². The van der Waals surface area contributed by atoms with Crippen LogP contribution in [0.15, 0.2) is 0 Å². The van der Waals surface area contributed by atoms with Crippen LogP contribution >= 0.6 is 0 Å². The number of fused-ring (bicyclic) bond motifs is 1. The molecular formula is C9H12N6. The van der Waals surface area contributed by atoms with Gasteiger partial charge >= 0.3 is 0 Å². The molecule has 6 nitrogen and oxygen atoms in total. The largest absolute Gasteiger partial charge is 0.368 e. The van der Waals surface area contributed by atoms with Crippen LogP contribution in [0.1, 0.15) is 30.3 Å². The SMILES string of the molecule is NCc1nc2nc(N)nc(C3CC3)c2[nH]1. The minimum Gasteiger partial charge on any atom is -0.368 e. The van der Waals surface area contributed by atoms with Crippen molar-refractivity contribution < 1.29 is 0 Å². The summed E-state index contributed by atoms with van der Waals surface area (Å²) in [4.78, 5) is 15.7. The molecule has 0 bridgehead atoms. The van der Waals surface area contributed by atoms with Crippen LogP contribution in [0.3, 0.4) is 0 Å². The van der Waals surface area contributed by atoms with Crippen molar-refractivity contribution in [1.82, 2.24) is 19.9 Å². The van der Waals surface area contributed by atoms with Crippen LogP contribution in [0.25, 0.3) is 11.2 Å². The van der Waals surface area contributed by atoms with Gasteiger partial charge in [0.15, 0.2) is 5.65 Å². The lowest BCUT2D eigenvalue weighted by atomic mass is 10.2. The van der Waals surface area contributed by atoms with Gasteiger partial charge in [-0.2, -0.15) is 4.98 Å². The van der Waals surface area contributed by atoms with Crippen LogP contribution in [-0.4, -0.2) is 19.9 Å². The van der Waals surface area contributed by atoms with E-state index in [0.29, 0.717) is 24.1 Å². The summed E-state index contributed by atoms with van der Waals surface area (Å²) < 4.78 is 0. The van der Waals surface area contributed by atoms with Crippen molar-refractivity contribution in [3.05, 3.63) is 11.5 Å². The van der Waals surface area contributed by atoms with Gasteiger partial charge in [0.2, 0.25) is 5.95 Å². The predicted octanol–water partition coefficient (Wildman–Crippen LogP) is 0.271. The van der Waals surface area contributed by atoms with Crippen molar-refractivity contribution in [3.63, 3.8) is 0 Å². The normalized spacial score (nSPS) is 16.1. The Balaban J connectivity index is 2.26. The van der Waals surface area contributed by atoms with E-state index in [9.17, 15) is 0 Å². The Morgan fingerprint density at radius 2 is 2.07 bits per heavy atom. The number of hydrogen-bond donors (Lipinski definition) is 3. The molecule has 5 N–H and O–H groups in total. The van der Waals surface area contributed by atoms with E-state index >= 15 is 0 Å². The molecule has 78 valence electrons. The molecule has 0 aromatic carbocycles. The third-order valence-electron chi connectivity index (χ3n) is 2.60. The van der Waals surface area contributed by atoms with Gasteiger partial charge in [0.1, 0.15) is 11.3 Å². The third kappa shape index (κ3) is 1.33.